The van der Waals surface area contributed by atoms with Crippen molar-refractivity contribution in [3.05, 3.63) is 24.0 Å². The maximum atomic E-state index is 11.0. The molecule has 2 heterocycles. The summed E-state index contributed by atoms with van der Waals surface area (Å²) in [7, 11) is 0. The summed E-state index contributed by atoms with van der Waals surface area (Å²) in [6, 6.07) is 1.14. The molecule has 0 aromatic carbocycles. The summed E-state index contributed by atoms with van der Waals surface area (Å²) >= 11 is 0. The summed E-state index contributed by atoms with van der Waals surface area (Å²) in [5.74, 6) is 0. The number of hydrogen-bond acceptors (Lipinski definition) is 5. The highest BCUT2D eigenvalue weighted by molar-refractivity contribution is 5.65. The van der Waals surface area contributed by atoms with E-state index in [0.717, 1.165) is 5.56 Å². The summed E-state index contributed by atoms with van der Waals surface area (Å²) in [5.41, 5.74) is 6.85. The summed E-state index contributed by atoms with van der Waals surface area (Å²) in [5, 5.41) is 21.8. The van der Waals surface area contributed by atoms with Crippen molar-refractivity contribution in [3.63, 3.8) is 0 Å². The number of aliphatic hydroxyl groups is 1. The van der Waals surface area contributed by atoms with Gasteiger partial charge in [0.05, 0.1) is 30.1 Å². The van der Waals surface area contributed by atoms with Crippen molar-refractivity contribution in [2.75, 3.05) is 5.73 Å². The minimum Gasteiger partial charge on any atom is -0.465 e. The fourth-order valence-electron chi connectivity index (χ4n) is 2.82. The number of nitrogens with zero attached hydrogens (tertiary/aromatic N) is 1. The Balaban J connectivity index is 2.32. The van der Waals surface area contributed by atoms with E-state index in [9.17, 15) is 9.90 Å². The Bertz CT molecular complexity index is 544. The van der Waals surface area contributed by atoms with Crippen molar-refractivity contribution < 1.29 is 19.7 Å². The number of pyridine rings is 1. The van der Waals surface area contributed by atoms with Crippen LogP contribution in [0.2, 0.25) is 0 Å². The highest BCUT2D eigenvalue weighted by Gasteiger charge is 2.44. The van der Waals surface area contributed by atoms with E-state index in [1.54, 1.807) is 12.3 Å². The monoisotopic (exact) mass is 309 g/mol. The lowest BCUT2D eigenvalue weighted by Gasteiger charge is -2.45. The first-order chi connectivity index (χ1) is 10.2. The third-order valence-electron chi connectivity index (χ3n) is 3.90. The number of nitrogens with one attached hydrogen (secondary N) is 1. The van der Waals surface area contributed by atoms with Crippen LogP contribution in [0.1, 0.15) is 38.9 Å². The molecule has 1 aliphatic heterocycles. The van der Waals surface area contributed by atoms with Crippen LogP contribution in [-0.2, 0) is 4.74 Å². The number of rotatable bonds is 2. The normalized spacial score (nSPS) is 29.1. The van der Waals surface area contributed by atoms with Crippen LogP contribution in [0.3, 0.4) is 0 Å². The lowest BCUT2D eigenvalue weighted by molar-refractivity contribution is -0.170. The number of carbonyl (C=O) groups is 1. The van der Waals surface area contributed by atoms with Gasteiger partial charge in [-0.2, -0.15) is 0 Å². The molecule has 1 amide bonds. The van der Waals surface area contributed by atoms with Crippen LogP contribution < -0.4 is 11.1 Å². The van der Waals surface area contributed by atoms with Gasteiger partial charge in [-0.25, -0.2) is 4.79 Å². The summed E-state index contributed by atoms with van der Waals surface area (Å²) in [6.07, 6.45) is 0.466. The van der Waals surface area contributed by atoms with E-state index in [-0.39, 0.29) is 5.41 Å². The molecule has 2 unspecified atom stereocenters. The number of nitrogen functional groups attached to an aromatic ring is 1. The van der Waals surface area contributed by atoms with Crippen molar-refractivity contribution in [2.24, 2.45) is 5.41 Å². The van der Waals surface area contributed by atoms with Crippen LogP contribution in [0.25, 0.3) is 0 Å². The molecule has 0 bridgehead atoms. The average molecular weight is 309 g/mol. The van der Waals surface area contributed by atoms with E-state index >= 15 is 0 Å². The van der Waals surface area contributed by atoms with Crippen LogP contribution in [0.15, 0.2) is 18.5 Å². The lowest BCUT2D eigenvalue weighted by Crippen LogP contribution is -2.57. The van der Waals surface area contributed by atoms with E-state index in [1.807, 2.05) is 20.8 Å². The summed E-state index contributed by atoms with van der Waals surface area (Å²) in [4.78, 5) is 14.9. The van der Waals surface area contributed by atoms with Gasteiger partial charge in [-0.1, -0.05) is 20.8 Å². The van der Waals surface area contributed by atoms with Gasteiger partial charge in [-0.05, 0) is 11.5 Å². The Hall–Kier alpha value is -1.86. The molecule has 0 aliphatic carbocycles. The number of ether oxygens (including phenoxy) is 1. The van der Waals surface area contributed by atoms with Crippen LogP contribution in [0.5, 0.6) is 0 Å². The number of nitrogens with two attached hydrogens (primary N) is 1. The molecule has 1 aliphatic rings. The second-order valence-corrected chi connectivity index (χ2v) is 6.70. The molecule has 122 valence electrons. The standard InChI is InChI=1S/C15H23N3O4/c1-15(2,3)13-12(19)10(18-14(20)21)6-11(22-13)8-4-5-17-7-9(8)16/h4-5,7,10-13,18-19H,6,16H2,1-3H3,(H,20,21)/t10-,11-,12?,13?/m0/s1. The molecular formula is C15H23N3O4. The molecule has 7 heteroatoms. The fraction of sp³-hybridized carbons (Fsp3) is 0.600. The van der Waals surface area contributed by atoms with Gasteiger partial charge in [0.1, 0.15) is 6.10 Å². The summed E-state index contributed by atoms with van der Waals surface area (Å²) < 4.78 is 6.05. The average Bonchev–Trinajstić information content (AvgIpc) is 2.40. The van der Waals surface area contributed by atoms with Gasteiger partial charge < -0.3 is 26.0 Å². The highest BCUT2D eigenvalue weighted by atomic mass is 16.5. The molecule has 5 N–H and O–H groups in total. The number of aromatic nitrogens is 1. The molecule has 1 aromatic heterocycles. The van der Waals surface area contributed by atoms with E-state index < -0.39 is 30.4 Å². The minimum absolute atomic E-state index is 0.314. The van der Waals surface area contributed by atoms with Crippen molar-refractivity contribution >= 4 is 11.8 Å². The zero-order chi connectivity index (χ0) is 16.5. The van der Waals surface area contributed by atoms with Gasteiger partial charge >= 0.3 is 6.09 Å². The topological polar surface area (TPSA) is 118 Å². The molecule has 1 saturated heterocycles. The SMILES string of the molecule is CC(C)(C)C1O[C@H](c2ccncc2N)C[C@H](NC(=O)O)C1O. The molecule has 0 radical (unpaired) electrons. The number of carboxylic acid groups (broad SMARTS) is 1. The molecule has 0 spiro atoms. The zero-order valence-electron chi connectivity index (χ0n) is 13.0. The smallest absolute Gasteiger partial charge is 0.404 e. The zero-order valence-corrected chi connectivity index (χ0v) is 13.0. The molecular weight excluding hydrogens is 286 g/mol. The van der Waals surface area contributed by atoms with E-state index in [4.69, 9.17) is 15.6 Å². The molecule has 2 rings (SSSR count). The Morgan fingerprint density at radius 3 is 2.73 bits per heavy atom. The van der Waals surface area contributed by atoms with Crippen molar-refractivity contribution in [1.82, 2.24) is 10.3 Å². The molecule has 7 nitrogen and oxygen atoms in total. The number of amides is 1. The van der Waals surface area contributed by atoms with Gasteiger partial charge in [-0.15, -0.1) is 0 Å². The first kappa shape index (κ1) is 16.5. The van der Waals surface area contributed by atoms with E-state index in [0.29, 0.717) is 12.1 Å². The Morgan fingerprint density at radius 1 is 1.50 bits per heavy atom. The predicted octanol–water partition coefficient (Wildman–Crippen LogP) is 1.54. The van der Waals surface area contributed by atoms with Crippen molar-refractivity contribution in [1.29, 1.82) is 0 Å². The van der Waals surface area contributed by atoms with Gasteiger partial charge in [0.15, 0.2) is 0 Å². The Morgan fingerprint density at radius 2 is 2.18 bits per heavy atom. The Kier molecular flexibility index (Phi) is 4.58. The second-order valence-electron chi connectivity index (χ2n) is 6.70. The Labute approximate surface area is 129 Å². The largest absolute Gasteiger partial charge is 0.465 e. The maximum absolute atomic E-state index is 11.0. The van der Waals surface area contributed by atoms with E-state index in [2.05, 4.69) is 10.3 Å². The van der Waals surface area contributed by atoms with Crippen LogP contribution in [0.4, 0.5) is 10.5 Å². The van der Waals surface area contributed by atoms with Gasteiger partial charge in [0.25, 0.3) is 0 Å². The third-order valence-corrected chi connectivity index (χ3v) is 3.90. The third kappa shape index (κ3) is 3.48. The quantitative estimate of drug-likeness (QED) is 0.658. The van der Waals surface area contributed by atoms with Crippen LogP contribution in [-0.4, -0.2) is 39.5 Å². The van der Waals surface area contributed by atoms with Crippen molar-refractivity contribution in [3.8, 4) is 0 Å². The molecule has 4 atom stereocenters. The lowest BCUT2D eigenvalue weighted by atomic mass is 9.79. The molecule has 1 aromatic rings. The number of anilines is 1. The minimum atomic E-state index is -1.17. The fourth-order valence-corrected chi connectivity index (χ4v) is 2.82. The predicted molar refractivity (Wildman–Crippen MR) is 81.3 cm³/mol. The first-order valence-corrected chi connectivity index (χ1v) is 7.22. The molecule has 1 fully saturated rings. The second kappa shape index (κ2) is 6.10. The molecule has 0 saturated carbocycles. The summed E-state index contributed by atoms with van der Waals surface area (Å²) in [6.45, 7) is 5.82. The van der Waals surface area contributed by atoms with Gasteiger partial charge in [0.2, 0.25) is 0 Å². The first-order valence-electron chi connectivity index (χ1n) is 7.22. The van der Waals surface area contributed by atoms with Crippen LogP contribution in [0, 0.1) is 5.41 Å². The highest BCUT2D eigenvalue weighted by Crippen LogP contribution is 2.39. The van der Waals surface area contributed by atoms with E-state index in [1.165, 1.54) is 6.20 Å². The van der Waals surface area contributed by atoms with Gasteiger partial charge in [0, 0.05) is 18.2 Å². The van der Waals surface area contributed by atoms with Gasteiger partial charge in [-0.3, -0.25) is 4.98 Å². The number of aliphatic hydroxyl groups excluding tert-OH is 1. The van der Waals surface area contributed by atoms with Crippen LogP contribution >= 0.6 is 0 Å². The maximum Gasteiger partial charge on any atom is 0.404 e. The van der Waals surface area contributed by atoms with Crippen molar-refractivity contribution in [2.45, 2.75) is 51.5 Å². The molecule has 22 heavy (non-hydrogen) atoms. The number of hydrogen-bond donors (Lipinski definition) is 4.